The summed E-state index contributed by atoms with van der Waals surface area (Å²) in [6, 6.07) is 19.4. The third-order valence-corrected chi connectivity index (χ3v) is 7.48. The quantitative estimate of drug-likeness (QED) is 0.525. The summed E-state index contributed by atoms with van der Waals surface area (Å²) >= 11 is 1.33. The maximum Gasteiger partial charge on any atom is 0.255 e. The van der Waals surface area contributed by atoms with Gasteiger partial charge in [0.05, 0.1) is 22.3 Å². The minimum atomic E-state index is -3.39. The molecule has 0 bridgehead atoms. The number of aryl methyl sites for hydroxylation is 1. The van der Waals surface area contributed by atoms with Crippen LogP contribution in [-0.2, 0) is 9.84 Å². The van der Waals surface area contributed by atoms with Gasteiger partial charge in [0.25, 0.3) is 5.91 Å². The van der Waals surface area contributed by atoms with E-state index in [1.807, 2.05) is 6.92 Å². The lowest BCUT2D eigenvalue weighted by Gasteiger charge is -2.12. The minimum Gasteiger partial charge on any atom is -0.545 e. The van der Waals surface area contributed by atoms with Crippen molar-refractivity contribution in [1.82, 2.24) is 0 Å². The topological polar surface area (TPSA) is 103 Å². The van der Waals surface area contributed by atoms with Crippen molar-refractivity contribution >= 4 is 39.2 Å². The monoisotopic (exact) mass is 454 g/mol. The second-order valence-corrected chi connectivity index (χ2v) is 10.1. The van der Waals surface area contributed by atoms with Crippen LogP contribution in [0.1, 0.15) is 26.3 Å². The number of benzene rings is 3. The summed E-state index contributed by atoms with van der Waals surface area (Å²) in [5.74, 6) is -1.55. The smallest absolute Gasteiger partial charge is 0.255 e. The predicted octanol–water partition coefficient (Wildman–Crippen LogP) is 3.18. The zero-order valence-electron chi connectivity index (χ0n) is 16.7. The van der Waals surface area contributed by atoms with E-state index in [0.717, 1.165) is 10.5 Å². The number of carboxylic acid groups (broad SMARTS) is 1. The van der Waals surface area contributed by atoms with Crippen molar-refractivity contribution in [3.05, 3.63) is 89.5 Å². The fourth-order valence-corrected chi connectivity index (χ4v) is 5.44. The van der Waals surface area contributed by atoms with Crippen molar-refractivity contribution in [1.29, 1.82) is 0 Å². The largest absolute Gasteiger partial charge is 0.545 e. The summed E-state index contributed by atoms with van der Waals surface area (Å²) in [4.78, 5) is 24.8. The predicted molar refractivity (Wildman–Crippen MR) is 119 cm³/mol. The number of carbonyl (C=O) groups excluding carboxylic acids is 2. The molecule has 160 valence electrons. The normalized spacial score (nSPS) is 11.1. The summed E-state index contributed by atoms with van der Waals surface area (Å²) in [6.45, 7) is 1.90. The summed E-state index contributed by atoms with van der Waals surface area (Å²) in [7, 11) is -3.39. The number of carboxylic acids is 1. The van der Waals surface area contributed by atoms with Crippen molar-refractivity contribution in [2.75, 3.05) is 16.8 Å². The zero-order valence-corrected chi connectivity index (χ0v) is 18.3. The van der Waals surface area contributed by atoms with Crippen LogP contribution in [0.15, 0.2) is 82.6 Å². The Balaban J connectivity index is 1.64. The van der Waals surface area contributed by atoms with Gasteiger partial charge in [-0.3, -0.25) is 4.79 Å². The molecule has 0 spiro atoms. The van der Waals surface area contributed by atoms with Crippen LogP contribution in [0, 0.1) is 6.92 Å². The highest BCUT2D eigenvalue weighted by atomic mass is 32.2. The van der Waals surface area contributed by atoms with E-state index in [4.69, 9.17) is 0 Å². The number of carbonyl (C=O) groups is 2. The SMILES string of the molecule is Cc1ccc(S(=O)(=O)CCSc2cccc(C(=O)Nc3ccccc3C(=O)[O-])c2)cc1. The number of para-hydroxylation sites is 1. The first kappa shape index (κ1) is 22.6. The number of aromatic carboxylic acids is 1. The molecule has 1 N–H and O–H groups in total. The number of rotatable bonds is 8. The molecule has 6 nitrogen and oxygen atoms in total. The van der Waals surface area contributed by atoms with Gasteiger partial charge in [-0.15, -0.1) is 11.8 Å². The van der Waals surface area contributed by atoms with E-state index in [1.165, 1.54) is 23.9 Å². The van der Waals surface area contributed by atoms with Crippen molar-refractivity contribution in [3.8, 4) is 0 Å². The number of nitrogens with one attached hydrogen (secondary N) is 1. The lowest BCUT2D eigenvalue weighted by Crippen LogP contribution is -2.24. The van der Waals surface area contributed by atoms with E-state index in [1.54, 1.807) is 60.7 Å². The Kier molecular flexibility index (Phi) is 7.14. The third-order valence-electron chi connectivity index (χ3n) is 4.49. The molecule has 0 saturated carbocycles. The Hall–Kier alpha value is -3.10. The van der Waals surface area contributed by atoms with Crippen LogP contribution in [0.25, 0.3) is 0 Å². The van der Waals surface area contributed by atoms with Gasteiger partial charge in [0.15, 0.2) is 9.84 Å². The molecular formula is C23H20NO5S2-. The number of hydrogen-bond donors (Lipinski definition) is 1. The van der Waals surface area contributed by atoms with Crippen LogP contribution in [0.5, 0.6) is 0 Å². The number of amides is 1. The summed E-state index contributed by atoms with van der Waals surface area (Å²) in [6.07, 6.45) is 0. The van der Waals surface area contributed by atoms with Gasteiger partial charge in [-0.25, -0.2) is 8.42 Å². The molecular weight excluding hydrogens is 434 g/mol. The molecule has 0 aromatic heterocycles. The summed E-state index contributed by atoms with van der Waals surface area (Å²) < 4.78 is 24.9. The van der Waals surface area contributed by atoms with Crippen LogP contribution >= 0.6 is 11.8 Å². The van der Waals surface area contributed by atoms with Gasteiger partial charge in [0.1, 0.15) is 0 Å². The van der Waals surface area contributed by atoms with Crippen LogP contribution < -0.4 is 10.4 Å². The first-order chi connectivity index (χ1) is 14.8. The Bertz CT molecular complexity index is 1200. The molecule has 0 aliphatic heterocycles. The molecule has 0 aliphatic carbocycles. The van der Waals surface area contributed by atoms with Crippen LogP contribution in [0.2, 0.25) is 0 Å². The fraction of sp³-hybridized carbons (Fsp3) is 0.130. The van der Waals surface area contributed by atoms with E-state index in [2.05, 4.69) is 5.32 Å². The number of thioether (sulfide) groups is 1. The Morgan fingerprint density at radius 2 is 1.68 bits per heavy atom. The molecule has 3 rings (SSSR count). The lowest BCUT2D eigenvalue weighted by atomic mass is 10.1. The van der Waals surface area contributed by atoms with Gasteiger partial charge in [0, 0.05) is 21.8 Å². The molecule has 0 fully saturated rings. The molecule has 8 heteroatoms. The van der Waals surface area contributed by atoms with Crippen molar-refractivity contribution in [2.45, 2.75) is 16.7 Å². The highest BCUT2D eigenvalue weighted by molar-refractivity contribution is 8.00. The van der Waals surface area contributed by atoms with E-state index in [0.29, 0.717) is 16.2 Å². The average molecular weight is 455 g/mol. The molecule has 31 heavy (non-hydrogen) atoms. The Labute approximate surface area is 185 Å². The van der Waals surface area contributed by atoms with Gasteiger partial charge in [-0.05, 0) is 43.3 Å². The zero-order chi connectivity index (χ0) is 22.4. The maximum absolute atomic E-state index is 12.6. The molecule has 0 radical (unpaired) electrons. The van der Waals surface area contributed by atoms with Crippen LogP contribution in [0.4, 0.5) is 5.69 Å². The second-order valence-electron chi connectivity index (χ2n) is 6.80. The average Bonchev–Trinajstić information content (AvgIpc) is 2.74. The Morgan fingerprint density at radius 1 is 0.968 bits per heavy atom. The van der Waals surface area contributed by atoms with Crippen molar-refractivity contribution in [3.63, 3.8) is 0 Å². The maximum atomic E-state index is 12.6. The molecule has 0 heterocycles. The van der Waals surface area contributed by atoms with Gasteiger partial charge in [-0.2, -0.15) is 0 Å². The number of sulfone groups is 1. The molecule has 0 unspecified atom stereocenters. The van der Waals surface area contributed by atoms with Crippen molar-refractivity contribution in [2.24, 2.45) is 0 Å². The lowest BCUT2D eigenvalue weighted by molar-refractivity contribution is -0.254. The molecule has 3 aromatic rings. The van der Waals surface area contributed by atoms with Gasteiger partial charge in [0.2, 0.25) is 0 Å². The number of hydrogen-bond acceptors (Lipinski definition) is 6. The standard InChI is InChI=1S/C23H21NO5S2/c1-16-9-11-19(12-10-16)31(28,29)14-13-30-18-6-4-5-17(15-18)22(25)24-21-8-3-2-7-20(21)23(26)27/h2-12,15H,13-14H2,1H3,(H,24,25)(H,26,27)/p-1. The van der Waals surface area contributed by atoms with Gasteiger partial charge < -0.3 is 15.2 Å². The van der Waals surface area contributed by atoms with E-state index < -0.39 is 21.7 Å². The second kappa shape index (κ2) is 9.80. The van der Waals surface area contributed by atoms with Crippen molar-refractivity contribution < 1.29 is 23.1 Å². The first-order valence-corrected chi connectivity index (χ1v) is 12.0. The summed E-state index contributed by atoms with van der Waals surface area (Å²) in [5, 5.41) is 13.8. The Morgan fingerprint density at radius 3 is 2.39 bits per heavy atom. The van der Waals surface area contributed by atoms with Gasteiger partial charge >= 0.3 is 0 Å². The molecule has 3 aromatic carbocycles. The van der Waals surface area contributed by atoms with E-state index in [9.17, 15) is 23.1 Å². The van der Waals surface area contributed by atoms with Crippen LogP contribution in [0.3, 0.4) is 0 Å². The first-order valence-electron chi connectivity index (χ1n) is 9.40. The highest BCUT2D eigenvalue weighted by Gasteiger charge is 2.15. The molecule has 0 aliphatic rings. The van der Waals surface area contributed by atoms with Crippen LogP contribution in [-0.4, -0.2) is 31.8 Å². The third kappa shape index (κ3) is 5.96. The van der Waals surface area contributed by atoms with E-state index in [-0.39, 0.29) is 17.0 Å². The van der Waals surface area contributed by atoms with E-state index >= 15 is 0 Å². The van der Waals surface area contributed by atoms with Gasteiger partial charge in [-0.1, -0.05) is 42.0 Å². The number of anilines is 1. The highest BCUT2D eigenvalue weighted by Crippen LogP contribution is 2.22. The minimum absolute atomic E-state index is 0.0316. The molecule has 0 saturated heterocycles. The fourth-order valence-electron chi connectivity index (χ4n) is 2.82. The molecule has 1 amide bonds. The molecule has 0 atom stereocenters. The summed E-state index contributed by atoms with van der Waals surface area (Å²) in [5.41, 5.74) is 1.36.